The first-order valence-corrected chi connectivity index (χ1v) is 4.69. The van der Waals surface area contributed by atoms with Crippen LogP contribution in [0.5, 0.6) is 0 Å². The topological polar surface area (TPSA) is 75.3 Å². The Bertz CT molecular complexity index is 158. The molecule has 4 heteroatoms. The summed E-state index contributed by atoms with van der Waals surface area (Å²) in [6.45, 7) is 4.50. The first-order valence-electron chi connectivity index (χ1n) is 4.69. The van der Waals surface area contributed by atoms with E-state index in [4.69, 9.17) is 10.8 Å². The van der Waals surface area contributed by atoms with Crippen LogP contribution in [-0.2, 0) is 0 Å². The highest BCUT2D eigenvalue weighted by molar-refractivity contribution is 5.65. The maximum atomic E-state index is 10.4. The number of hydrogen-bond acceptors (Lipinski definition) is 2. The first kappa shape index (κ1) is 12.2. The third-order valence-corrected chi connectivity index (χ3v) is 1.95. The van der Waals surface area contributed by atoms with Crippen LogP contribution in [0.4, 0.5) is 4.79 Å². The monoisotopic (exact) mass is 188 g/mol. The Kier molecular flexibility index (Phi) is 5.46. The molecular formula is C9H20N2O2. The Hall–Kier alpha value is -0.770. The molecule has 0 aliphatic rings. The predicted octanol–water partition coefficient (Wildman–Crippen LogP) is 1.55. The van der Waals surface area contributed by atoms with Gasteiger partial charge in [-0.15, -0.1) is 0 Å². The van der Waals surface area contributed by atoms with E-state index in [0.29, 0.717) is 6.54 Å². The van der Waals surface area contributed by atoms with Gasteiger partial charge in [0.25, 0.3) is 0 Å². The summed E-state index contributed by atoms with van der Waals surface area (Å²) in [7, 11) is 0. The third-order valence-electron chi connectivity index (χ3n) is 1.95. The molecule has 0 aliphatic carbocycles. The van der Waals surface area contributed by atoms with E-state index in [1.807, 2.05) is 13.8 Å². The molecule has 0 saturated heterocycles. The molecule has 0 fully saturated rings. The van der Waals surface area contributed by atoms with E-state index in [9.17, 15) is 4.79 Å². The minimum absolute atomic E-state index is 0.319. The van der Waals surface area contributed by atoms with Crippen LogP contribution >= 0.6 is 0 Å². The van der Waals surface area contributed by atoms with Crippen molar-refractivity contribution in [3.05, 3.63) is 0 Å². The van der Waals surface area contributed by atoms with Gasteiger partial charge in [-0.3, -0.25) is 0 Å². The third kappa shape index (κ3) is 7.59. The van der Waals surface area contributed by atoms with E-state index in [-0.39, 0.29) is 5.54 Å². The van der Waals surface area contributed by atoms with Gasteiger partial charge in [0.15, 0.2) is 0 Å². The van der Waals surface area contributed by atoms with Gasteiger partial charge in [-0.1, -0.05) is 12.8 Å². The number of hydrogen-bond donors (Lipinski definition) is 3. The van der Waals surface area contributed by atoms with Crippen LogP contribution < -0.4 is 11.1 Å². The number of carbonyl (C=O) groups is 1. The fourth-order valence-electron chi connectivity index (χ4n) is 1.24. The van der Waals surface area contributed by atoms with Crippen LogP contribution in [-0.4, -0.2) is 23.3 Å². The number of carboxylic acid groups (broad SMARTS) is 1. The Morgan fingerprint density at radius 1 is 1.38 bits per heavy atom. The zero-order chi connectivity index (χ0) is 10.3. The van der Waals surface area contributed by atoms with Gasteiger partial charge in [0, 0.05) is 5.54 Å². The lowest BCUT2D eigenvalue weighted by Gasteiger charge is -2.24. The van der Waals surface area contributed by atoms with E-state index in [1.54, 1.807) is 0 Å². The molecule has 0 spiro atoms. The largest absolute Gasteiger partial charge is 0.465 e. The summed E-state index contributed by atoms with van der Waals surface area (Å²) < 4.78 is 0. The van der Waals surface area contributed by atoms with Crippen molar-refractivity contribution in [3.63, 3.8) is 0 Å². The summed E-state index contributed by atoms with van der Waals surface area (Å²) >= 11 is 0. The van der Waals surface area contributed by atoms with Gasteiger partial charge in [0.2, 0.25) is 0 Å². The Morgan fingerprint density at radius 2 is 2.00 bits per heavy atom. The number of nitrogens with one attached hydrogen (secondary N) is 1. The van der Waals surface area contributed by atoms with Gasteiger partial charge in [-0.05, 0) is 33.2 Å². The molecular weight excluding hydrogens is 168 g/mol. The molecule has 1 amide bonds. The normalized spacial score (nSPS) is 11.3. The van der Waals surface area contributed by atoms with Crippen molar-refractivity contribution < 1.29 is 9.90 Å². The van der Waals surface area contributed by atoms with Gasteiger partial charge in [-0.2, -0.15) is 0 Å². The number of amides is 1. The van der Waals surface area contributed by atoms with Gasteiger partial charge < -0.3 is 16.2 Å². The molecule has 0 unspecified atom stereocenters. The van der Waals surface area contributed by atoms with Crippen molar-refractivity contribution in [2.24, 2.45) is 5.73 Å². The van der Waals surface area contributed by atoms with E-state index in [0.717, 1.165) is 25.7 Å². The molecule has 0 aromatic rings. The lowest BCUT2D eigenvalue weighted by atomic mass is 9.97. The van der Waals surface area contributed by atoms with Gasteiger partial charge in [0.1, 0.15) is 0 Å². The van der Waals surface area contributed by atoms with Crippen LogP contribution in [0, 0.1) is 0 Å². The number of unbranched alkanes of at least 4 members (excludes halogenated alkanes) is 2. The quantitative estimate of drug-likeness (QED) is 0.553. The average molecular weight is 188 g/mol. The van der Waals surface area contributed by atoms with Gasteiger partial charge in [-0.25, -0.2) is 4.79 Å². The molecule has 0 saturated carbocycles. The second-order valence-electron chi connectivity index (χ2n) is 3.91. The first-order chi connectivity index (χ1) is 5.98. The van der Waals surface area contributed by atoms with E-state index in [1.165, 1.54) is 0 Å². The summed E-state index contributed by atoms with van der Waals surface area (Å²) in [5.41, 5.74) is 5.03. The molecule has 0 radical (unpaired) electrons. The minimum Gasteiger partial charge on any atom is -0.465 e. The standard InChI is InChI=1S/C9H20N2O2/c1-9(2,11-8(12)13)6-4-3-5-7-10/h11H,3-7,10H2,1-2H3,(H,12,13). The van der Waals surface area contributed by atoms with Crippen molar-refractivity contribution in [2.45, 2.75) is 45.1 Å². The molecule has 0 heterocycles. The van der Waals surface area contributed by atoms with Gasteiger partial charge in [0.05, 0.1) is 0 Å². The summed E-state index contributed by atoms with van der Waals surface area (Å²) in [4.78, 5) is 10.4. The van der Waals surface area contributed by atoms with E-state index >= 15 is 0 Å². The van der Waals surface area contributed by atoms with Gasteiger partial charge >= 0.3 is 6.09 Å². The fourth-order valence-corrected chi connectivity index (χ4v) is 1.24. The van der Waals surface area contributed by atoms with Crippen LogP contribution in [0.2, 0.25) is 0 Å². The van der Waals surface area contributed by atoms with Crippen LogP contribution in [0.3, 0.4) is 0 Å². The van der Waals surface area contributed by atoms with Crippen molar-refractivity contribution in [1.82, 2.24) is 5.32 Å². The molecule has 13 heavy (non-hydrogen) atoms. The maximum Gasteiger partial charge on any atom is 0.405 e. The summed E-state index contributed by atoms with van der Waals surface area (Å²) in [5.74, 6) is 0. The second-order valence-corrected chi connectivity index (χ2v) is 3.91. The minimum atomic E-state index is -0.955. The van der Waals surface area contributed by atoms with Crippen LogP contribution in [0.15, 0.2) is 0 Å². The van der Waals surface area contributed by atoms with Crippen LogP contribution in [0.25, 0.3) is 0 Å². The molecule has 0 aromatic carbocycles. The molecule has 4 N–H and O–H groups in total. The highest BCUT2D eigenvalue weighted by atomic mass is 16.4. The molecule has 0 aliphatic heterocycles. The molecule has 4 nitrogen and oxygen atoms in total. The molecule has 0 bridgehead atoms. The highest BCUT2D eigenvalue weighted by Gasteiger charge is 2.18. The van der Waals surface area contributed by atoms with Crippen molar-refractivity contribution in [1.29, 1.82) is 0 Å². The van der Waals surface area contributed by atoms with Crippen molar-refractivity contribution in [3.8, 4) is 0 Å². The fraction of sp³-hybridized carbons (Fsp3) is 0.889. The van der Waals surface area contributed by atoms with E-state index < -0.39 is 6.09 Å². The highest BCUT2D eigenvalue weighted by Crippen LogP contribution is 2.13. The van der Waals surface area contributed by atoms with Crippen molar-refractivity contribution >= 4 is 6.09 Å². The Labute approximate surface area is 79.5 Å². The summed E-state index contributed by atoms with van der Waals surface area (Å²) in [5, 5.41) is 11.0. The smallest absolute Gasteiger partial charge is 0.405 e. The lowest BCUT2D eigenvalue weighted by molar-refractivity contribution is 0.180. The molecule has 0 rings (SSSR count). The summed E-state index contributed by atoms with van der Waals surface area (Å²) in [6, 6.07) is 0. The van der Waals surface area contributed by atoms with Crippen LogP contribution in [0.1, 0.15) is 39.5 Å². The molecule has 0 aromatic heterocycles. The number of rotatable bonds is 6. The second kappa shape index (κ2) is 5.80. The zero-order valence-electron chi connectivity index (χ0n) is 8.47. The summed E-state index contributed by atoms with van der Waals surface area (Å²) in [6.07, 6.45) is 3.01. The SMILES string of the molecule is CC(C)(CCCCCN)NC(=O)O. The Morgan fingerprint density at radius 3 is 2.46 bits per heavy atom. The molecule has 78 valence electrons. The lowest BCUT2D eigenvalue weighted by Crippen LogP contribution is -2.42. The number of nitrogens with two attached hydrogens (primary N) is 1. The predicted molar refractivity (Wildman–Crippen MR) is 52.8 cm³/mol. The van der Waals surface area contributed by atoms with E-state index in [2.05, 4.69) is 5.32 Å². The maximum absolute atomic E-state index is 10.4. The zero-order valence-corrected chi connectivity index (χ0v) is 8.47. The average Bonchev–Trinajstić information content (AvgIpc) is 1.95. The van der Waals surface area contributed by atoms with Crippen molar-refractivity contribution in [2.75, 3.05) is 6.54 Å². The molecule has 0 atom stereocenters. The Balaban J connectivity index is 3.56.